The van der Waals surface area contributed by atoms with Crippen molar-refractivity contribution in [3.8, 4) is 11.1 Å². The predicted molar refractivity (Wildman–Crippen MR) is 69.2 cm³/mol. The summed E-state index contributed by atoms with van der Waals surface area (Å²) in [6.07, 6.45) is 0. The maximum absolute atomic E-state index is 5.68. The second-order valence-corrected chi connectivity index (χ2v) is 4.22. The van der Waals surface area contributed by atoms with Gasteiger partial charge in [0.2, 0.25) is 0 Å². The number of aryl methyl sites for hydroxylation is 2. The predicted octanol–water partition coefficient (Wildman–Crippen LogP) is 3.43. The Kier molecular flexibility index (Phi) is 3.07. The molecule has 0 atom stereocenters. The Morgan fingerprint density at radius 3 is 2.50 bits per heavy atom. The second-order valence-electron chi connectivity index (χ2n) is 4.22. The monoisotopic (exact) mass is 211 g/mol. The van der Waals surface area contributed by atoms with Crippen molar-refractivity contribution in [1.29, 1.82) is 0 Å². The summed E-state index contributed by atoms with van der Waals surface area (Å²) >= 11 is 0. The molecule has 0 radical (unpaired) electrons. The lowest BCUT2D eigenvalue weighted by atomic mass is 9.97. The Bertz CT molecular complexity index is 501. The van der Waals surface area contributed by atoms with Crippen molar-refractivity contribution in [2.24, 2.45) is 5.73 Å². The number of benzene rings is 2. The third-order valence-electron chi connectivity index (χ3n) is 2.87. The zero-order chi connectivity index (χ0) is 11.5. The molecule has 0 saturated carbocycles. The standard InChI is InChI=1S/C15H17N/c1-11-4-3-5-14(8-11)15-9-13(10-16)7-6-12(15)2/h3-9H,10,16H2,1-2H3. The highest BCUT2D eigenvalue weighted by atomic mass is 14.5. The highest BCUT2D eigenvalue weighted by molar-refractivity contribution is 5.68. The van der Waals surface area contributed by atoms with E-state index in [1.807, 2.05) is 0 Å². The molecule has 0 aliphatic heterocycles. The van der Waals surface area contributed by atoms with E-state index in [1.165, 1.54) is 27.8 Å². The quantitative estimate of drug-likeness (QED) is 0.809. The van der Waals surface area contributed by atoms with Gasteiger partial charge in [0.1, 0.15) is 0 Å². The highest BCUT2D eigenvalue weighted by Gasteiger charge is 2.02. The number of rotatable bonds is 2. The van der Waals surface area contributed by atoms with Gasteiger partial charge in [-0.25, -0.2) is 0 Å². The molecule has 0 aliphatic carbocycles. The van der Waals surface area contributed by atoms with Crippen molar-refractivity contribution in [3.05, 3.63) is 59.2 Å². The Labute approximate surface area is 96.9 Å². The van der Waals surface area contributed by atoms with E-state index in [2.05, 4.69) is 56.3 Å². The minimum absolute atomic E-state index is 0.596. The van der Waals surface area contributed by atoms with Gasteiger partial charge >= 0.3 is 0 Å². The fourth-order valence-corrected chi connectivity index (χ4v) is 1.92. The topological polar surface area (TPSA) is 26.0 Å². The lowest BCUT2D eigenvalue weighted by molar-refractivity contribution is 1.07. The first-order chi connectivity index (χ1) is 7.70. The summed E-state index contributed by atoms with van der Waals surface area (Å²) in [5.74, 6) is 0. The number of hydrogen-bond acceptors (Lipinski definition) is 1. The van der Waals surface area contributed by atoms with Crippen LogP contribution in [0.2, 0.25) is 0 Å². The van der Waals surface area contributed by atoms with Crippen LogP contribution in [0.15, 0.2) is 42.5 Å². The highest BCUT2D eigenvalue weighted by Crippen LogP contribution is 2.25. The van der Waals surface area contributed by atoms with E-state index in [0.29, 0.717) is 6.54 Å². The van der Waals surface area contributed by atoms with E-state index >= 15 is 0 Å². The van der Waals surface area contributed by atoms with Gasteiger partial charge in [0.05, 0.1) is 0 Å². The van der Waals surface area contributed by atoms with E-state index < -0.39 is 0 Å². The zero-order valence-electron chi connectivity index (χ0n) is 9.83. The molecule has 2 N–H and O–H groups in total. The molecule has 82 valence electrons. The van der Waals surface area contributed by atoms with Crippen LogP contribution >= 0.6 is 0 Å². The molecule has 0 aliphatic rings. The Hall–Kier alpha value is -1.60. The lowest BCUT2D eigenvalue weighted by Gasteiger charge is -2.09. The molecule has 2 aromatic rings. The van der Waals surface area contributed by atoms with Gasteiger partial charge in [0.15, 0.2) is 0 Å². The van der Waals surface area contributed by atoms with Gasteiger partial charge in [-0.3, -0.25) is 0 Å². The normalized spacial score (nSPS) is 10.4. The van der Waals surface area contributed by atoms with Gasteiger partial charge in [-0.15, -0.1) is 0 Å². The average molecular weight is 211 g/mol. The summed E-state index contributed by atoms with van der Waals surface area (Å²) < 4.78 is 0. The summed E-state index contributed by atoms with van der Waals surface area (Å²) in [6.45, 7) is 4.85. The first-order valence-corrected chi connectivity index (χ1v) is 5.57. The number of hydrogen-bond donors (Lipinski definition) is 1. The molecule has 0 amide bonds. The van der Waals surface area contributed by atoms with Gasteiger partial charge in [-0.2, -0.15) is 0 Å². The minimum Gasteiger partial charge on any atom is -0.326 e. The first kappa shape index (κ1) is 10.9. The maximum atomic E-state index is 5.68. The molecular formula is C15H17N. The number of nitrogens with two attached hydrogens (primary N) is 1. The molecule has 2 rings (SSSR count). The molecule has 1 nitrogen and oxygen atoms in total. The molecular weight excluding hydrogens is 194 g/mol. The van der Waals surface area contributed by atoms with Crippen LogP contribution in [0, 0.1) is 13.8 Å². The van der Waals surface area contributed by atoms with Crippen LogP contribution in [0.5, 0.6) is 0 Å². The van der Waals surface area contributed by atoms with Crippen molar-refractivity contribution in [2.75, 3.05) is 0 Å². The lowest BCUT2D eigenvalue weighted by Crippen LogP contribution is -1.97. The molecule has 0 fully saturated rings. The Balaban J connectivity index is 2.54. The molecule has 2 aromatic carbocycles. The van der Waals surface area contributed by atoms with Crippen LogP contribution in [-0.4, -0.2) is 0 Å². The van der Waals surface area contributed by atoms with Crippen molar-refractivity contribution >= 4 is 0 Å². The summed E-state index contributed by atoms with van der Waals surface area (Å²) in [5, 5.41) is 0. The molecule has 0 unspecified atom stereocenters. The van der Waals surface area contributed by atoms with Gasteiger partial charge in [0.25, 0.3) is 0 Å². The van der Waals surface area contributed by atoms with Crippen LogP contribution < -0.4 is 5.73 Å². The Morgan fingerprint density at radius 1 is 1.00 bits per heavy atom. The molecule has 16 heavy (non-hydrogen) atoms. The van der Waals surface area contributed by atoms with Crippen LogP contribution in [0.4, 0.5) is 0 Å². The third kappa shape index (κ3) is 2.15. The van der Waals surface area contributed by atoms with Crippen LogP contribution in [0.1, 0.15) is 16.7 Å². The Morgan fingerprint density at radius 2 is 1.81 bits per heavy atom. The second kappa shape index (κ2) is 4.50. The fourth-order valence-electron chi connectivity index (χ4n) is 1.92. The van der Waals surface area contributed by atoms with Crippen molar-refractivity contribution in [3.63, 3.8) is 0 Å². The third-order valence-corrected chi connectivity index (χ3v) is 2.87. The summed E-state index contributed by atoms with van der Waals surface area (Å²) in [7, 11) is 0. The largest absolute Gasteiger partial charge is 0.326 e. The van der Waals surface area contributed by atoms with Crippen LogP contribution in [0.3, 0.4) is 0 Å². The SMILES string of the molecule is Cc1cccc(-c2cc(CN)ccc2C)c1. The van der Waals surface area contributed by atoms with E-state index in [9.17, 15) is 0 Å². The van der Waals surface area contributed by atoms with Gasteiger partial charge in [-0.1, -0.05) is 42.0 Å². The van der Waals surface area contributed by atoms with Crippen LogP contribution in [-0.2, 0) is 6.54 Å². The molecule has 0 spiro atoms. The van der Waals surface area contributed by atoms with E-state index in [-0.39, 0.29) is 0 Å². The molecule has 0 heterocycles. The van der Waals surface area contributed by atoms with Gasteiger partial charge < -0.3 is 5.73 Å². The fraction of sp³-hybridized carbons (Fsp3) is 0.200. The van der Waals surface area contributed by atoms with Gasteiger partial charge in [-0.05, 0) is 42.2 Å². The van der Waals surface area contributed by atoms with Gasteiger partial charge in [0, 0.05) is 6.54 Å². The summed E-state index contributed by atoms with van der Waals surface area (Å²) in [6, 6.07) is 15.0. The van der Waals surface area contributed by atoms with Crippen molar-refractivity contribution < 1.29 is 0 Å². The molecule has 0 saturated heterocycles. The summed E-state index contributed by atoms with van der Waals surface area (Å²) in [4.78, 5) is 0. The molecule has 1 heteroatoms. The summed E-state index contributed by atoms with van der Waals surface area (Å²) in [5.41, 5.74) is 12.0. The van der Waals surface area contributed by atoms with E-state index in [0.717, 1.165) is 0 Å². The first-order valence-electron chi connectivity index (χ1n) is 5.57. The average Bonchev–Trinajstić information content (AvgIpc) is 2.30. The van der Waals surface area contributed by atoms with Crippen molar-refractivity contribution in [1.82, 2.24) is 0 Å². The minimum atomic E-state index is 0.596. The molecule has 0 aromatic heterocycles. The van der Waals surface area contributed by atoms with E-state index in [1.54, 1.807) is 0 Å². The molecule has 0 bridgehead atoms. The maximum Gasteiger partial charge on any atom is 0.0178 e. The van der Waals surface area contributed by atoms with E-state index in [4.69, 9.17) is 5.73 Å². The smallest absolute Gasteiger partial charge is 0.0178 e. The zero-order valence-corrected chi connectivity index (χ0v) is 9.83. The van der Waals surface area contributed by atoms with Crippen molar-refractivity contribution in [2.45, 2.75) is 20.4 Å². The van der Waals surface area contributed by atoms with Crippen LogP contribution in [0.25, 0.3) is 11.1 Å².